The van der Waals surface area contributed by atoms with Crippen molar-refractivity contribution >= 4 is 29.1 Å². The average Bonchev–Trinajstić information content (AvgIpc) is 2.65. The van der Waals surface area contributed by atoms with E-state index in [0.717, 1.165) is 22.4 Å². The third-order valence-corrected chi connectivity index (χ3v) is 6.13. The quantitative estimate of drug-likeness (QED) is 0.796. The molecule has 0 radical (unpaired) electrons. The lowest BCUT2D eigenvalue weighted by atomic mass is 9.90. The molecule has 1 saturated heterocycles. The van der Waals surface area contributed by atoms with Gasteiger partial charge in [-0.1, -0.05) is 28.8 Å². The van der Waals surface area contributed by atoms with Gasteiger partial charge in [0.25, 0.3) is 11.8 Å². The summed E-state index contributed by atoms with van der Waals surface area (Å²) in [4.78, 5) is 29.7. The van der Waals surface area contributed by atoms with Crippen LogP contribution in [0.2, 0.25) is 5.02 Å². The number of nitrogens with one attached hydrogen (secondary N) is 1. The number of hydrogen-bond donors (Lipinski definition) is 1. The fraction of sp³-hybridized carbons (Fsp3) is 0.364. The summed E-state index contributed by atoms with van der Waals surface area (Å²) in [5.74, 6) is -0.0525. The Bertz CT molecular complexity index is 944. The Morgan fingerprint density at radius 1 is 1.07 bits per heavy atom. The predicted octanol–water partition coefficient (Wildman–Crippen LogP) is 3.77. The zero-order valence-electron chi connectivity index (χ0n) is 16.4. The van der Waals surface area contributed by atoms with Gasteiger partial charge in [0.15, 0.2) is 0 Å². The van der Waals surface area contributed by atoms with Gasteiger partial charge in [0.1, 0.15) is 5.66 Å². The second kappa shape index (κ2) is 6.82. The van der Waals surface area contributed by atoms with Crippen molar-refractivity contribution in [3.05, 3.63) is 63.7 Å². The molecule has 4 rings (SSSR count). The number of fused-ring (bicyclic) bond motifs is 1. The molecule has 2 heterocycles. The van der Waals surface area contributed by atoms with Gasteiger partial charge in [-0.25, -0.2) is 0 Å². The van der Waals surface area contributed by atoms with Gasteiger partial charge in [-0.05, 0) is 44.2 Å². The van der Waals surface area contributed by atoms with Gasteiger partial charge in [0.05, 0.1) is 11.3 Å². The van der Waals surface area contributed by atoms with E-state index < -0.39 is 5.66 Å². The Balaban J connectivity index is 1.54. The molecule has 2 aromatic rings. The fourth-order valence-corrected chi connectivity index (χ4v) is 4.57. The molecule has 0 aliphatic carbocycles. The topological polar surface area (TPSA) is 52.7 Å². The number of likely N-dealkylation sites (tertiary alicyclic amines) is 1. The molecular formula is C22H24ClN3O2. The van der Waals surface area contributed by atoms with Gasteiger partial charge in [0, 0.05) is 43.6 Å². The van der Waals surface area contributed by atoms with Crippen LogP contribution < -0.4 is 10.2 Å². The van der Waals surface area contributed by atoms with Crippen molar-refractivity contribution in [3.8, 4) is 0 Å². The maximum atomic E-state index is 13.0. The van der Waals surface area contributed by atoms with Crippen molar-refractivity contribution in [2.75, 3.05) is 25.0 Å². The molecule has 28 heavy (non-hydrogen) atoms. The zero-order valence-corrected chi connectivity index (χ0v) is 17.1. The van der Waals surface area contributed by atoms with Crippen LogP contribution in [0.4, 0.5) is 5.69 Å². The minimum absolute atomic E-state index is 0.0543. The van der Waals surface area contributed by atoms with Crippen LogP contribution in [0.1, 0.15) is 44.7 Å². The molecule has 0 atom stereocenters. The third kappa shape index (κ3) is 3.14. The highest BCUT2D eigenvalue weighted by Crippen LogP contribution is 2.37. The Morgan fingerprint density at radius 2 is 1.71 bits per heavy atom. The van der Waals surface area contributed by atoms with Gasteiger partial charge in [0.2, 0.25) is 0 Å². The standard InChI is InChI=1S/C22H24ClN3O2/c1-14-10-15(2)12-16(11-14)21(28)26-8-6-22(7-9-26)24-20(27)18-13-17(23)4-5-19(18)25(22)3/h4-5,10-13H,6-9H2,1-3H3,(H,24,27). The molecule has 2 aliphatic rings. The number of rotatable bonds is 1. The summed E-state index contributed by atoms with van der Waals surface area (Å²) >= 11 is 6.06. The normalized spacial score (nSPS) is 18.1. The van der Waals surface area contributed by atoms with Gasteiger partial charge >= 0.3 is 0 Å². The Hall–Kier alpha value is -2.53. The Morgan fingerprint density at radius 3 is 2.36 bits per heavy atom. The predicted molar refractivity (Wildman–Crippen MR) is 111 cm³/mol. The lowest BCUT2D eigenvalue weighted by Crippen LogP contribution is -2.67. The largest absolute Gasteiger partial charge is 0.351 e. The van der Waals surface area contributed by atoms with Gasteiger partial charge < -0.3 is 15.1 Å². The number of carbonyl (C=O) groups excluding carboxylic acids is 2. The van der Waals surface area contributed by atoms with Crippen molar-refractivity contribution in [2.24, 2.45) is 0 Å². The highest BCUT2D eigenvalue weighted by atomic mass is 35.5. The summed E-state index contributed by atoms with van der Waals surface area (Å²) in [6.45, 7) is 5.20. The van der Waals surface area contributed by atoms with Crippen LogP contribution in [0.5, 0.6) is 0 Å². The van der Waals surface area contributed by atoms with E-state index in [1.165, 1.54) is 0 Å². The minimum Gasteiger partial charge on any atom is -0.351 e. The highest BCUT2D eigenvalue weighted by molar-refractivity contribution is 6.31. The number of benzene rings is 2. The molecule has 1 spiro atoms. The molecule has 2 amide bonds. The van der Waals surface area contributed by atoms with Crippen LogP contribution in [-0.4, -0.2) is 42.5 Å². The molecule has 2 aliphatic heterocycles. The maximum Gasteiger partial charge on any atom is 0.255 e. The monoisotopic (exact) mass is 397 g/mol. The summed E-state index contributed by atoms with van der Waals surface area (Å²) in [7, 11) is 1.99. The van der Waals surface area contributed by atoms with E-state index in [0.29, 0.717) is 36.5 Å². The van der Waals surface area contributed by atoms with E-state index in [4.69, 9.17) is 11.6 Å². The van der Waals surface area contributed by atoms with Crippen molar-refractivity contribution < 1.29 is 9.59 Å². The number of aryl methyl sites for hydroxylation is 2. The molecule has 1 fully saturated rings. The molecule has 2 aromatic carbocycles. The van der Waals surface area contributed by atoms with Crippen LogP contribution >= 0.6 is 11.6 Å². The first-order valence-corrected chi connectivity index (χ1v) is 9.90. The number of piperidine rings is 1. The van der Waals surface area contributed by atoms with Gasteiger partial charge in [-0.3, -0.25) is 9.59 Å². The molecule has 0 aromatic heterocycles. The van der Waals surface area contributed by atoms with E-state index in [9.17, 15) is 9.59 Å². The van der Waals surface area contributed by atoms with Crippen LogP contribution in [-0.2, 0) is 0 Å². The summed E-state index contributed by atoms with van der Waals surface area (Å²) in [6, 6.07) is 11.3. The lowest BCUT2D eigenvalue weighted by molar-refractivity contribution is 0.0609. The molecule has 5 nitrogen and oxygen atoms in total. The first kappa shape index (κ1) is 18.8. The average molecular weight is 398 g/mol. The first-order chi connectivity index (χ1) is 13.3. The number of carbonyl (C=O) groups is 2. The van der Waals surface area contributed by atoms with Crippen molar-refractivity contribution in [1.29, 1.82) is 0 Å². The van der Waals surface area contributed by atoms with Crippen molar-refractivity contribution in [1.82, 2.24) is 10.2 Å². The second-order valence-electron chi connectivity index (χ2n) is 7.87. The van der Waals surface area contributed by atoms with Crippen LogP contribution in [0.15, 0.2) is 36.4 Å². The number of anilines is 1. The molecule has 6 heteroatoms. The van der Waals surface area contributed by atoms with Crippen LogP contribution in [0, 0.1) is 13.8 Å². The number of amides is 2. The molecule has 0 bridgehead atoms. The molecule has 146 valence electrons. The summed E-state index contributed by atoms with van der Waals surface area (Å²) in [5.41, 5.74) is 3.90. The van der Waals surface area contributed by atoms with E-state index >= 15 is 0 Å². The van der Waals surface area contributed by atoms with Crippen LogP contribution in [0.25, 0.3) is 0 Å². The smallest absolute Gasteiger partial charge is 0.255 e. The van der Waals surface area contributed by atoms with Crippen LogP contribution in [0.3, 0.4) is 0 Å². The fourth-order valence-electron chi connectivity index (χ4n) is 4.40. The third-order valence-electron chi connectivity index (χ3n) is 5.90. The zero-order chi connectivity index (χ0) is 20.1. The molecule has 0 saturated carbocycles. The molecular weight excluding hydrogens is 374 g/mol. The van der Waals surface area contributed by atoms with Crippen molar-refractivity contribution in [3.63, 3.8) is 0 Å². The minimum atomic E-state index is -0.475. The number of halogens is 1. The molecule has 0 unspecified atom stereocenters. The summed E-state index contributed by atoms with van der Waals surface area (Å²) < 4.78 is 0. The van der Waals surface area contributed by atoms with E-state index in [-0.39, 0.29) is 11.8 Å². The van der Waals surface area contributed by atoms with E-state index in [2.05, 4.69) is 16.3 Å². The Labute approximate surface area is 170 Å². The number of nitrogens with zero attached hydrogens (tertiary/aromatic N) is 2. The van der Waals surface area contributed by atoms with Crippen molar-refractivity contribution in [2.45, 2.75) is 32.4 Å². The highest BCUT2D eigenvalue weighted by Gasteiger charge is 2.44. The van der Waals surface area contributed by atoms with Gasteiger partial charge in [-0.2, -0.15) is 0 Å². The second-order valence-corrected chi connectivity index (χ2v) is 8.31. The summed E-state index contributed by atoms with van der Waals surface area (Å²) in [6.07, 6.45) is 1.35. The first-order valence-electron chi connectivity index (χ1n) is 9.52. The number of hydrogen-bond acceptors (Lipinski definition) is 3. The van der Waals surface area contributed by atoms with E-state index in [1.807, 2.05) is 50.1 Å². The maximum absolute atomic E-state index is 13.0. The van der Waals surface area contributed by atoms with E-state index in [1.54, 1.807) is 6.07 Å². The Kier molecular flexibility index (Phi) is 4.58. The SMILES string of the molecule is Cc1cc(C)cc(C(=O)N2CCC3(CC2)NC(=O)c2cc(Cl)ccc2N3C)c1. The lowest BCUT2D eigenvalue weighted by Gasteiger charge is -2.51. The summed E-state index contributed by atoms with van der Waals surface area (Å²) in [5, 5.41) is 3.72. The van der Waals surface area contributed by atoms with Gasteiger partial charge in [-0.15, -0.1) is 0 Å². The molecule has 1 N–H and O–H groups in total.